The third kappa shape index (κ3) is 5.38. The molecule has 0 aromatic heterocycles. The van der Waals surface area contributed by atoms with E-state index in [1.54, 1.807) is 31.2 Å². The lowest BCUT2D eigenvalue weighted by molar-refractivity contribution is -0.115. The molecule has 2 aromatic rings. The molecule has 2 aromatic carbocycles. The van der Waals surface area contributed by atoms with Crippen molar-refractivity contribution in [2.45, 2.75) is 13.3 Å². The Hall–Kier alpha value is -3.26. The molecule has 4 amide bonds. The summed E-state index contributed by atoms with van der Waals surface area (Å²) in [5.41, 5.74) is 5.66. The number of nitrogens with one attached hydrogen (secondary N) is 4. The second kappa shape index (κ2) is 8.72. The van der Waals surface area contributed by atoms with Gasteiger partial charge < -0.3 is 15.7 Å². The average Bonchev–Trinajstić information content (AvgIpc) is 2.63. The first kappa shape index (κ1) is 19.1. The number of urea groups is 1. The molecular weight excluding hydrogens is 360 g/mol. The van der Waals surface area contributed by atoms with E-state index in [-0.39, 0.29) is 22.2 Å². The van der Waals surface area contributed by atoms with E-state index in [0.717, 1.165) is 0 Å². The average molecular weight is 377 g/mol. The number of phenols is 1. The molecule has 8 nitrogen and oxygen atoms in total. The van der Waals surface area contributed by atoms with Gasteiger partial charge in [-0.1, -0.05) is 18.5 Å². The van der Waals surface area contributed by atoms with Crippen LogP contribution in [0.3, 0.4) is 0 Å². The van der Waals surface area contributed by atoms with Gasteiger partial charge in [0, 0.05) is 23.4 Å². The highest BCUT2D eigenvalue weighted by Gasteiger charge is 2.10. The van der Waals surface area contributed by atoms with E-state index in [1.807, 2.05) is 0 Å². The molecule has 0 saturated heterocycles. The minimum atomic E-state index is -0.659. The number of amides is 4. The summed E-state index contributed by atoms with van der Waals surface area (Å²) in [6, 6.07) is 9.73. The van der Waals surface area contributed by atoms with Crippen molar-refractivity contribution in [3.05, 3.63) is 53.1 Å². The lowest BCUT2D eigenvalue weighted by atomic mass is 10.2. The molecular formula is C17H17ClN4O4. The van der Waals surface area contributed by atoms with Gasteiger partial charge in [-0.2, -0.15) is 0 Å². The van der Waals surface area contributed by atoms with Crippen molar-refractivity contribution in [2.75, 3.05) is 10.6 Å². The van der Waals surface area contributed by atoms with E-state index < -0.39 is 11.9 Å². The van der Waals surface area contributed by atoms with Gasteiger partial charge in [-0.3, -0.25) is 15.0 Å². The predicted octanol–water partition coefficient (Wildman–Crippen LogP) is 2.86. The van der Waals surface area contributed by atoms with Crippen LogP contribution in [0.2, 0.25) is 5.02 Å². The Balaban J connectivity index is 1.85. The lowest BCUT2D eigenvalue weighted by Gasteiger charge is -2.10. The maximum absolute atomic E-state index is 11.9. The number of hydrogen-bond acceptors (Lipinski definition) is 4. The number of phenolic OH excluding ortho intramolecular Hbond substituents is 1. The fourth-order valence-corrected chi connectivity index (χ4v) is 2.06. The molecule has 136 valence electrons. The van der Waals surface area contributed by atoms with E-state index in [9.17, 15) is 19.5 Å². The van der Waals surface area contributed by atoms with Crippen LogP contribution >= 0.6 is 11.6 Å². The third-order valence-electron chi connectivity index (χ3n) is 3.25. The summed E-state index contributed by atoms with van der Waals surface area (Å²) in [7, 11) is 0. The van der Waals surface area contributed by atoms with Crippen LogP contribution in [0.15, 0.2) is 42.5 Å². The van der Waals surface area contributed by atoms with E-state index in [0.29, 0.717) is 17.8 Å². The van der Waals surface area contributed by atoms with Crippen molar-refractivity contribution in [1.29, 1.82) is 0 Å². The zero-order valence-corrected chi connectivity index (χ0v) is 14.6. The number of hydrogen-bond donors (Lipinski definition) is 5. The number of carbonyl (C=O) groups is 3. The second-order valence-corrected chi connectivity index (χ2v) is 5.59. The monoisotopic (exact) mass is 376 g/mol. The molecule has 0 aliphatic carbocycles. The highest BCUT2D eigenvalue weighted by atomic mass is 35.5. The SMILES string of the molecule is CCC(=O)Nc1ccc(NC(=O)NNC(=O)c2ccc(O)c(Cl)c2)cc1. The summed E-state index contributed by atoms with van der Waals surface area (Å²) in [5.74, 6) is -0.854. The van der Waals surface area contributed by atoms with Crippen molar-refractivity contribution in [3.63, 3.8) is 0 Å². The number of hydrazine groups is 1. The first-order valence-electron chi connectivity index (χ1n) is 7.65. The molecule has 0 radical (unpaired) electrons. The van der Waals surface area contributed by atoms with E-state index in [2.05, 4.69) is 21.5 Å². The van der Waals surface area contributed by atoms with Gasteiger partial charge in [0.05, 0.1) is 5.02 Å². The fraction of sp³-hybridized carbons (Fsp3) is 0.118. The molecule has 26 heavy (non-hydrogen) atoms. The molecule has 0 saturated carbocycles. The molecule has 0 fully saturated rings. The largest absolute Gasteiger partial charge is 0.506 e. The fourth-order valence-electron chi connectivity index (χ4n) is 1.88. The maximum atomic E-state index is 11.9. The Morgan fingerprint density at radius 3 is 2.15 bits per heavy atom. The van der Waals surface area contributed by atoms with Gasteiger partial charge in [-0.15, -0.1) is 0 Å². The quantitative estimate of drug-likeness (QED) is 0.527. The molecule has 0 atom stereocenters. The lowest BCUT2D eigenvalue weighted by Crippen LogP contribution is -2.43. The normalized spacial score (nSPS) is 9.92. The third-order valence-corrected chi connectivity index (χ3v) is 3.55. The van der Waals surface area contributed by atoms with Crippen molar-refractivity contribution in [3.8, 4) is 5.75 Å². The molecule has 2 rings (SSSR count). The van der Waals surface area contributed by atoms with Gasteiger partial charge in [0.2, 0.25) is 5.91 Å². The predicted molar refractivity (Wildman–Crippen MR) is 98.1 cm³/mol. The van der Waals surface area contributed by atoms with Gasteiger partial charge in [-0.05, 0) is 42.5 Å². The summed E-state index contributed by atoms with van der Waals surface area (Å²) in [4.78, 5) is 35.0. The molecule has 0 aliphatic rings. The Bertz CT molecular complexity index is 824. The van der Waals surface area contributed by atoms with Crippen LogP contribution in [-0.4, -0.2) is 23.0 Å². The van der Waals surface area contributed by atoms with Crippen LogP contribution in [0, 0.1) is 0 Å². The minimum Gasteiger partial charge on any atom is -0.506 e. The topological polar surface area (TPSA) is 120 Å². The molecule has 5 N–H and O–H groups in total. The maximum Gasteiger partial charge on any atom is 0.337 e. The number of rotatable bonds is 4. The van der Waals surface area contributed by atoms with E-state index in [1.165, 1.54) is 18.2 Å². The number of anilines is 2. The summed E-state index contributed by atoms with van der Waals surface area (Å²) in [6.07, 6.45) is 0.369. The van der Waals surface area contributed by atoms with Crippen LogP contribution < -0.4 is 21.5 Å². The molecule has 9 heteroatoms. The summed E-state index contributed by atoms with van der Waals surface area (Å²) >= 11 is 5.73. The standard InChI is InChI=1S/C17H17ClN4O4/c1-2-15(24)19-11-4-6-12(7-5-11)20-17(26)22-21-16(25)10-3-8-14(23)13(18)9-10/h3-9,23H,2H2,1H3,(H,19,24)(H,21,25)(H2,20,22,26). The molecule has 0 aliphatic heterocycles. The first-order chi connectivity index (χ1) is 12.4. The smallest absolute Gasteiger partial charge is 0.337 e. The molecule has 0 unspecified atom stereocenters. The van der Waals surface area contributed by atoms with Crippen molar-refractivity contribution in [2.24, 2.45) is 0 Å². The van der Waals surface area contributed by atoms with Crippen LogP contribution in [0.1, 0.15) is 23.7 Å². The Kier molecular flexibility index (Phi) is 6.40. The second-order valence-electron chi connectivity index (χ2n) is 5.18. The van der Waals surface area contributed by atoms with Crippen LogP contribution in [0.5, 0.6) is 5.75 Å². The zero-order chi connectivity index (χ0) is 19.1. The zero-order valence-electron chi connectivity index (χ0n) is 13.8. The van der Waals surface area contributed by atoms with Crippen molar-refractivity contribution in [1.82, 2.24) is 10.9 Å². The van der Waals surface area contributed by atoms with Gasteiger partial charge in [0.25, 0.3) is 5.91 Å². The Labute approximate surface area is 154 Å². The number of benzene rings is 2. The summed E-state index contributed by atoms with van der Waals surface area (Å²) < 4.78 is 0. The highest BCUT2D eigenvalue weighted by molar-refractivity contribution is 6.32. The van der Waals surface area contributed by atoms with Gasteiger partial charge in [0.1, 0.15) is 5.75 Å². The highest BCUT2D eigenvalue weighted by Crippen LogP contribution is 2.23. The Morgan fingerprint density at radius 1 is 0.962 bits per heavy atom. The Morgan fingerprint density at radius 2 is 1.58 bits per heavy atom. The van der Waals surface area contributed by atoms with E-state index >= 15 is 0 Å². The summed E-state index contributed by atoms with van der Waals surface area (Å²) in [5, 5.41) is 14.6. The minimum absolute atomic E-state index is 0.0253. The number of halogens is 1. The number of carbonyl (C=O) groups excluding carboxylic acids is 3. The van der Waals surface area contributed by atoms with Gasteiger partial charge in [0.15, 0.2) is 0 Å². The van der Waals surface area contributed by atoms with Crippen molar-refractivity contribution >= 4 is 40.8 Å². The molecule has 0 spiro atoms. The van der Waals surface area contributed by atoms with Crippen LogP contribution in [0.25, 0.3) is 0 Å². The molecule has 0 heterocycles. The van der Waals surface area contributed by atoms with Gasteiger partial charge >= 0.3 is 6.03 Å². The number of aromatic hydroxyl groups is 1. The van der Waals surface area contributed by atoms with Crippen LogP contribution in [-0.2, 0) is 4.79 Å². The van der Waals surface area contributed by atoms with Crippen LogP contribution in [0.4, 0.5) is 16.2 Å². The first-order valence-corrected chi connectivity index (χ1v) is 8.02. The summed E-state index contributed by atoms with van der Waals surface area (Å²) in [6.45, 7) is 1.75. The van der Waals surface area contributed by atoms with E-state index in [4.69, 9.17) is 11.6 Å². The van der Waals surface area contributed by atoms with Gasteiger partial charge in [-0.25, -0.2) is 10.2 Å². The molecule has 0 bridgehead atoms. The van der Waals surface area contributed by atoms with Crippen molar-refractivity contribution < 1.29 is 19.5 Å².